The third-order valence-corrected chi connectivity index (χ3v) is 0.627. The van der Waals surface area contributed by atoms with E-state index in [-0.39, 0.29) is 0 Å². The molecule has 0 radical (unpaired) electrons. The molecule has 0 aliphatic carbocycles. The minimum Gasteiger partial charge on any atom is -0.473 e. The second-order valence-electron chi connectivity index (χ2n) is 1.69. The molecule has 0 aromatic heterocycles. The Bertz CT molecular complexity index is 181. The fourth-order valence-electron chi connectivity index (χ4n) is 0.195. The van der Waals surface area contributed by atoms with Crippen LogP contribution in [-0.4, -0.2) is 41.3 Å². The van der Waals surface area contributed by atoms with E-state index in [1.807, 2.05) is 0 Å². The summed E-state index contributed by atoms with van der Waals surface area (Å²) in [5, 5.41) is 17.1. The van der Waals surface area contributed by atoms with Gasteiger partial charge >= 0.3 is 18.0 Å². The van der Waals surface area contributed by atoms with Gasteiger partial charge in [-0.15, -0.1) is 0 Å². The van der Waals surface area contributed by atoms with Crippen LogP contribution in [0.2, 0.25) is 0 Å². The van der Waals surface area contributed by atoms with Crippen molar-refractivity contribution in [1.29, 1.82) is 0 Å². The van der Waals surface area contributed by atoms with Crippen LogP contribution in [0, 0.1) is 0 Å². The van der Waals surface area contributed by atoms with Crippen LogP contribution in [0.1, 0.15) is 0 Å². The average Bonchev–Trinajstić information content (AvgIpc) is 2.01. The van der Waals surface area contributed by atoms with Crippen molar-refractivity contribution in [3.8, 4) is 0 Å². The summed E-state index contributed by atoms with van der Waals surface area (Å²) in [6.07, 6.45) is 0. The van der Waals surface area contributed by atoms with Gasteiger partial charge in [-0.1, -0.05) is 0 Å². The number of hydrogen-bond donors (Lipinski definition) is 5. The highest BCUT2D eigenvalue weighted by Crippen LogP contribution is 1.56. The Morgan fingerprint density at radius 2 is 1.54 bits per heavy atom. The molecule has 13 heavy (non-hydrogen) atoms. The van der Waals surface area contributed by atoms with Crippen molar-refractivity contribution in [1.82, 2.24) is 5.32 Å². The molecule has 0 spiro atoms. The highest BCUT2D eigenvalue weighted by molar-refractivity contribution is 6.27. The lowest BCUT2D eigenvalue weighted by Crippen LogP contribution is -2.33. The normalized spacial score (nSPS) is 7.77. The second kappa shape index (κ2) is 8.27. The largest absolute Gasteiger partial charge is 0.473 e. The number of amides is 2. The Morgan fingerprint density at radius 3 is 1.62 bits per heavy atom. The molecule has 0 unspecified atom stereocenters. The summed E-state index contributed by atoms with van der Waals surface area (Å²) in [5.41, 5.74) is 9.68. The highest BCUT2D eigenvalue weighted by atomic mass is 16.4. The zero-order valence-corrected chi connectivity index (χ0v) is 6.69. The Labute approximate surface area is 73.5 Å². The van der Waals surface area contributed by atoms with E-state index in [1.165, 1.54) is 0 Å². The molecule has 76 valence electrons. The maximum absolute atomic E-state index is 9.81. The molecule has 0 heterocycles. The van der Waals surface area contributed by atoms with Crippen molar-refractivity contribution in [3.05, 3.63) is 0 Å². The van der Waals surface area contributed by atoms with Crippen LogP contribution < -0.4 is 16.8 Å². The average molecular weight is 193 g/mol. The monoisotopic (exact) mass is 193 g/mol. The molecule has 0 aliphatic rings. The van der Waals surface area contributed by atoms with Crippen molar-refractivity contribution in [2.24, 2.45) is 11.5 Å². The van der Waals surface area contributed by atoms with Gasteiger partial charge in [0.1, 0.15) is 0 Å². The summed E-state index contributed by atoms with van der Waals surface area (Å²) < 4.78 is 0. The first-order chi connectivity index (χ1) is 5.91. The molecule has 2 amide bonds. The molecular formula is C5H11N3O5. The summed E-state index contributed by atoms with van der Waals surface area (Å²) in [7, 11) is 0. The number of carbonyl (C=O) groups is 3. The standard InChI is InChI=1S/C3H9N3O.C2H2O4/c4-1-2-6-3(5)7;3-1(4)2(5)6/h1-2,4H2,(H3,5,6,7);(H,3,4)(H,5,6). The topological polar surface area (TPSA) is 156 Å². The van der Waals surface area contributed by atoms with E-state index in [9.17, 15) is 4.79 Å². The minimum atomic E-state index is -1.82. The van der Waals surface area contributed by atoms with Crippen LogP contribution in [0.25, 0.3) is 0 Å². The van der Waals surface area contributed by atoms with Gasteiger partial charge in [0, 0.05) is 13.1 Å². The van der Waals surface area contributed by atoms with Crippen LogP contribution >= 0.6 is 0 Å². The van der Waals surface area contributed by atoms with Gasteiger partial charge < -0.3 is 27.0 Å². The fourth-order valence-corrected chi connectivity index (χ4v) is 0.195. The first kappa shape index (κ1) is 13.7. The number of nitrogens with one attached hydrogen (secondary N) is 1. The van der Waals surface area contributed by atoms with Gasteiger partial charge in [0.15, 0.2) is 0 Å². The Hall–Kier alpha value is -1.83. The smallest absolute Gasteiger partial charge is 0.414 e. The molecule has 0 saturated heterocycles. The molecular weight excluding hydrogens is 182 g/mol. The zero-order chi connectivity index (χ0) is 10.9. The van der Waals surface area contributed by atoms with Crippen LogP contribution in [0.15, 0.2) is 0 Å². The van der Waals surface area contributed by atoms with Crippen molar-refractivity contribution >= 4 is 18.0 Å². The summed E-state index contributed by atoms with van der Waals surface area (Å²) in [6, 6.07) is -0.523. The van der Waals surface area contributed by atoms with E-state index < -0.39 is 18.0 Å². The van der Waals surface area contributed by atoms with Crippen LogP contribution in [0.4, 0.5) is 4.79 Å². The number of primary amides is 1. The third kappa shape index (κ3) is 17.8. The minimum absolute atomic E-state index is 0.433. The number of rotatable bonds is 2. The lowest BCUT2D eigenvalue weighted by molar-refractivity contribution is -0.159. The van der Waals surface area contributed by atoms with Crippen molar-refractivity contribution in [2.45, 2.75) is 0 Å². The molecule has 0 atom stereocenters. The maximum atomic E-state index is 9.81. The summed E-state index contributed by atoms with van der Waals surface area (Å²) in [5.74, 6) is -3.65. The third-order valence-electron chi connectivity index (χ3n) is 0.627. The Kier molecular flexibility index (Phi) is 8.74. The molecule has 0 aromatic rings. The molecule has 0 fully saturated rings. The summed E-state index contributed by atoms with van der Waals surface area (Å²) in [6.45, 7) is 0.887. The van der Waals surface area contributed by atoms with Gasteiger partial charge in [-0.25, -0.2) is 14.4 Å². The van der Waals surface area contributed by atoms with Crippen LogP contribution in [-0.2, 0) is 9.59 Å². The lowest BCUT2D eigenvalue weighted by atomic mass is 10.6. The summed E-state index contributed by atoms with van der Waals surface area (Å²) in [4.78, 5) is 28.0. The van der Waals surface area contributed by atoms with Gasteiger partial charge in [-0.3, -0.25) is 0 Å². The van der Waals surface area contributed by atoms with Gasteiger partial charge in [0.25, 0.3) is 0 Å². The van der Waals surface area contributed by atoms with Crippen molar-refractivity contribution in [2.75, 3.05) is 13.1 Å². The second-order valence-corrected chi connectivity index (χ2v) is 1.69. The molecule has 8 nitrogen and oxygen atoms in total. The van der Waals surface area contributed by atoms with Gasteiger partial charge in [-0.2, -0.15) is 0 Å². The molecule has 0 rings (SSSR count). The fraction of sp³-hybridized carbons (Fsp3) is 0.400. The predicted octanol–water partition coefficient (Wildman–Crippen LogP) is -2.23. The van der Waals surface area contributed by atoms with Crippen molar-refractivity contribution < 1.29 is 24.6 Å². The highest BCUT2D eigenvalue weighted by Gasteiger charge is 2.04. The first-order valence-electron chi connectivity index (χ1n) is 3.11. The van der Waals surface area contributed by atoms with Crippen LogP contribution in [0.3, 0.4) is 0 Å². The van der Waals surface area contributed by atoms with Crippen LogP contribution in [0.5, 0.6) is 0 Å². The molecule has 0 bridgehead atoms. The number of nitrogens with two attached hydrogens (primary N) is 2. The molecule has 0 aromatic carbocycles. The molecule has 7 N–H and O–H groups in total. The van der Waals surface area contributed by atoms with E-state index in [4.69, 9.17) is 25.5 Å². The first-order valence-corrected chi connectivity index (χ1v) is 3.11. The lowest BCUT2D eigenvalue weighted by Gasteiger charge is -1.93. The van der Waals surface area contributed by atoms with Gasteiger partial charge in [0.2, 0.25) is 0 Å². The van der Waals surface area contributed by atoms with Gasteiger partial charge in [-0.05, 0) is 0 Å². The molecule has 0 aliphatic heterocycles. The molecule has 0 saturated carbocycles. The van der Waals surface area contributed by atoms with E-state index in [0.717, 1.165) is 0 Å². The number of carbonyl (C=O) groups excluding carboxylic acids is 1. The SMILES string of the molecule is NCCNC(N)=O.O=C(O)C(=O)O. The van der Waals surface area contributed by atoms with E-state index in [1.54, 1.807) is 0 Å². The quantitative estimate of drug-likeness (QED) is 0.312. The number of hydrogen-bond acceptors (Lipinski definition) is 4. The van der Waals surface area contributed by atoms with Gasteiger partial charge in [0.05, 0.1) is 0 Å². The predicted molar refractivity (Wildman–Crippen MR) is 41.9 cm³/mol. The Morgan fingerprint density at radius 1 is 1.15 bits per heavy atom. The Balaban J connectivity index is 0. The number of urea groups is 1. The number of carboxylic acids is 2. The maximum Gasteiger partial charge on any atom is 0.414 e. The van der Waals surface area contributed by atoms with E-state index in [0.29, 0.717) is 13.1 Å². The van der Waals surface area contributed by atoms with Crippen molar-refractivity contribution in [3.63, 3.8) is 0 Å². The summed E-state index contributed by atoms with van der Waals surface area (Å²) >= 11 is 0. The number of aliphatic carboxylic acids is 2. The molecule has 8 heteroatoms. The number of carboxylic acid groups (broad SMARTS) is 2. The van der Waals surface area contributed by atoms with E-state index >= 15 is 0 Å². The zero-order valence-electron chi connectivity index (χ0n) is 6.69. The van der Waals surface area contributed by atoms with E-state index in [2.05, 4.69) is 11.1 Å².